The molecule has 0 spiro atoms. The molecular formula is C31H30IN3O6. The maximum absolute atomic E-state index is 13.4. The smallest absolute Gasteiger partial charge is 0.335 e. The van der Waals surface area contributed by atoms with E-state index in [1.807, 2.05) is 74.6 Å². The Morgan fingerprint density at radius 3 is 2.39 bits per heavy atom. The van der Waals surface area contributed by atoms with E-state index in [1.54, 1.807) is 31.2 Å². The predicted octanol–water partition coefficient (Wildman–Crippen LogP) is 5.61. The number of ether oxygens (including phenoxy) is 2. The normalized spacial score (nSPS) is 14.2. The van der Waals surface area contributed by atoms with Gasteiger partial charge in [0.05, 0.1) is 15.9 Å². The second-order valence-corrected chi connectivity index (χ2v) is 10.8. The summed E-state index contributed by atoms with van der Waals surface area (Å²) in [4.78, 5) is 52.2. The zero-order valence-electron chi connectivity index (χ0n) is 23.4. The van der Waals surface area contributed by atoms with Crippen molar-refractivity contribution in [1.82, 2.24) is 5.32 Å². The minimum atomic E-state index is -0.812. The molecule has 1 saturated heterocycles. The standard InChI is InChI=1S/C31H30IN3O6/c1-6-40-26-15-21(14-24(32)28(26)41-16-27(36)33-25-10-7-17(2)11-20(25)5)13-23-29(37)34-31(39)35(30(23)38)22-9-8-18(3)19(4)12-22/h7-15H,6,16H2,1-5H3,(H,33,36)(H,34,37,39)/b23-13-. The van der Waals surface area contributed by atoms with Gasteiger partial charge in [-0.2, -0.15) is 0 Å². The maximum Gasteiger partial charge on any atom is 0.335 e. The molecule has 41 heavy (non-hydrogen) atoms. The first-order valence-electron chi connectivity index (χ1n) is 12.9. The van der Waals surface area contributed by atoms with Crippen LogP contribution >= 0.6 is 22.6 Å². The number of hydrogen-bond donors (Lipinski definition) is 2. The molecule has 1 heterocycles. The van der Waals surface area contributed by atoms with Crippen LogP contribution in [0, 0.1) is 31.3 Å². The van der Waals surface area contributed by atoms with Crippen LogP contribution in [0.5, 0.6) is 11.5 Å². The van der Waals surface area contributed by atoms with Gasteiger partial charge in [0.15, 0.2) is 18.1 Å². The van der Waals surface area contributed by atoms with E-state index in [9.17, 15) is 19.2 Å². The molecule has 9 nitrogen and oxygen atoms in total. The number of hydrogen-bond acceptors (Lipinski definition) is 6. The Hall–Kier alpha value is -4.19. The maximum atomic E-state index is 13.4. The second-order valence-electron chi connectivity index (χ2n) is 9.64. The van der Waals surface area contributed by atoms with Crippen LogP contribution in [0.1, 0.15) is 34.7 Å². The van der Waals surface area contributed by atoms with Crippen LogP contribution in [0.3, 0.4) is 0 Å². The van der Waals surface area contributed by atoms with E-state index in [2.05, 4.69) is 10.6 Å². The van der Waals surface area contributed by atoms with Crippen LogP contribution in [-0.2, 0) is 14.4 Å². The number of amides is 5. The number of anilines is 2. The van der Waals surface area contributed by atoms with E-state index < -0.39 is 17.8 Å². The lowest BCUT2D eigenvalue weighted by atomic mass is 10.0. The van der Waals surface area contributed by atoms with Crippen molar-refractivity contribution in [3.63, 3.8) is 0 Å². The lowest BCUT2D eigenvalue weighted by Crippen LogP contribution is -2.54. The Bertz CT molecular complexity index is 1600. The van der Waals surface area contributed by atoms with Crippen molar-refractivity contribution in [3.05, 3.63) is 85.5 Å². The van der Waals surface area contributed by atoms with Gasteiger partial charge in [0.2, 0.25) is 0 Å². The number of barbiturate groups is 1. The molecule has 0 unspecified atom stereocenters. The van der Waals surface area contributed by atoms with E-state index in [-0.39, 0.29) is 18.1 Å². The van der Waals surface area contributed by atoms with Crippen LogP contribution in [0.4, 0.5) is 16.2 Å². The van der Waals surface area contributed by atoms with Gasteiger partial charge in [0, 0.05) is 5.69 Å². The van der Waals surface area contributed by atoms with Crippen molar-refractivity contribution in [1.29, 1.82) is 0 Å². The van der Waals surface area contributed by atoms with Crippen LogP contribution in [0.2, 0.25) is 0 Å². The molecule has 1 aliphatic heterocycles. The van der Waals surface area contributed by atoms with Gasteiger partial charge in [0.1, 0.15) is 5.57 Å². The van der Waals surface area contributed by atoms with E-state index in [1.165, 1.54) is 6.08 Å². The highest BCUT2D eigenvalue weighted by molar-refractivity contribution is 14.1. The Morgan fingerprint density at radius 2 is 1.71 bits per heavy atom. The van der Waals surface area contributed by atoms with Gasteiger partial charge < -0.3 is 14.8 Å². The number of benzene rings is 3. The highest BCUT2D eigenvalue weighted by Gasteiger charge is 2.37. The summed E-state index contributed by atoms with van der Waals surface area (Å²) in [7, 11) is 0. The molecule has 0 saturated carbocycles. The lowest BCUT2D eigenvalue weighted by Gasteiger charge is -2.27. The van der Waals surface area contributed by atoms with Gasteiger partial charge in [-0.25, -0.2) is 9.69 Å². The molecule has 5 amide bonds. The quantitative estimate of drug-likeness (QED) is 0.184. The third kappa shape index (κ3) is 6.76. The molecule has 2 N–H and O–H groups in total. The van der Waals surface area contributed by atoms with Crippen molar-refractivity contribution in [3.8, 4) is 11.5 Å². The van der Waals surface area contributed by atoms with Gasteiger partial charge in [-0.1, -0.05) is 23.8 Å². The van der Waals surface area contributed by atoms with Gasteiger partial charge >= 0.3 is 6.03 Å². The fourth-order valence-electron chi connectivity index (χ4n) is 4.28. The van der Waals surface area contributed by atoms with Crippen molar-refractivity contribution in [2.45, 2.75) is 34.6 Å². The number of aryl methyl sites for hydroxylation is 4. The number of carbonyl (C=O) groups excluding carboxylic acids is 4. The Kier molecular flexibility index (Phi) is 9.11. The minimum Gasteiger partial charge on any atom is -0.490 e. The number of imide groups is 2. The highest BCUT2D eigenvalue weighted by Crippen LogP contribution is 2.35. The molecule has 0 aliphatic carbocycles. The van der Waals surface area contributed by atoms with Gasteiger partial charge in [-0.3, -0.25) is 19.7 Å². The molecule has 0 atom stereocenters. The third-order valence-electron chi connectivity index (χ3n) is 6.50. The summed E-state index contributed by atoms with van der Waals surface area (Å²) >= 11 is 2.04. The van der Waals surface area contributed by atoms with Crippen LogP contribution in [0.15, 0.2) is 54.1 Å². The van der Waals surface area contributed by atoms with E-state index in [0.717, 1.165) is 27.2 Å². The minimum absolute atomic E-state index is 0.206. The Labute approximate surface area is 252 Å². The largest absolute Gasteiger partial charge is 0.490 e. The molecular weight excluding hydrogens is 637 g/mol. The van der Waals surface area contributed by atoms with E-state index in [4.69, 9.17) is 9.47 Å². The van der Waals surface area contributed by atoms with Crippen LogP contribution in [0.25, 0.3) is 6.08 Å². The lowest BCUT2D eigenvalue weighted by molar-refractivity contribution is -0.122. The molecule has 0 bridgehead atoms. The first-order chi connectivity index (χ1) is 19.5. The van der Waals surface area contributed by atoms with E-state index in [0.29, 0.717) is 38.6 Å². The molecule has 212 valence electrons. The Balaban J connectivity index is 1.58. The highest BCUT2D eigenvalue weighted by atomic mass is 127. The van der Waals surface area contributed by atoms with Crippen LogP contribution < -0.4 is 25.0 Å². The first kappa shape index (κ1) is 29.8. The van der Waals surface area contributed by atoms with Gasteiger partial charge in [-0.05, 0) is 116 Å². The van der Waals surface area contributed by atoms with Crippen molar-refractivity contribution < 1.29 is 28.7 Å². The average Bonchev–Trinajstić information content (AvgIpc) is 2.90. The molecule has 10 heteroatoms. The number of halogens is 1. The zero-order chi connectivity index (χ0) is 29.8. The number of carbonyl (C=O) groups is 4. The molecule has 3 aromatic carbocycles. The Morgan fingerprint density at radius 1 is 0.951 bits per heavy atom. The third-order valence-corrected chi connectivity index (χ3v) is 7.30. The number of nitrogens with zero attached hydrogens (tertiary/aromatic N) is 1. The summed E-state index contributed by atoms with van der Waals surface area (Å²) < 4.78 is 12.2. The number of rotatable bonds is 8. The fourth-order valence-corrected chi connectivity index (χ4v) is 5.06. The van der Waals surface area contributed by atoms with Crippen molar-refractivity contribution in [2.75, 3.05) is 23.4 Å². The summed E-state index contributed by atoms with van der Waals surface area (Å²) in [6.45, 7) is 9.57. The fraction of sp³-hybridized carbons (Fsp3) is 0.226. The summed E-state index contributed by atoms with van der Waals surface area (Å²) in [5.41, 5.74) is 5.30. The molecule has 3 aromatic rings. The first-order valence-corrected chi connectivity index (χ1v) is 14.0. The van der Waals surface area contributed by atoms with Gasteiger partial charge in [-0.15, -0.1) is 0 Å². The summed E-state index contributed by atoms with van der Waals surface area (Å²) in [6, 6.07) is 13.4. The average molecular weight is 667 g/mol. The monoisotopic (exact) mass is 667 g/mol. The number of urea groups is 1. The summed E-state index contributed by atoms with van der Waals surface area (Å²) in [5.74, 6) is -1.16. The molecule has 1 aliphatic rings. The topological polar surface area (TPSA) is 114 Å². The number of nitrogens with one attached hydrogen (secondary N) is 2. The molecule has 4 rings (SSSR count). The van der Waals surface area contributed by atoms with Crippen LogP contribution in [-0.4, -0.2) is 37.0 Å². The molecule has 0 aromatic heterocycles. The van der Waals surface area contributed by atoms with Crippen molar-refractivity contribution >= 4 is 63.8 Å². The zero-order valence-corrected chi connectivity index (χ0v) is 25.5. The van der Waals surface area contributed by atoms with Gasteiger partial charge in [0.25, 0.3) is 17.7 Å². The predicted molar refractivity (Wildman–Crippen MR) is 165 cm³/mol. The SMILES string of the molecule is CCOc1cc(/C=C2/C(=O)NC(=O)N(c3ccc(C)c(C)c3)C2=O)cc(I)c1OCC(=O)Nc1ccc(C)cc1C. The summed E-state index contributed by atoms with van der Waals surface area (Å²) in [5, 5.41) is 5.10. The summed E-state index contributed by atoms with van der Waals surface area (Å²) in [6.07, 6.45) is 1.40. The van der Waals surface area contributed by atoms with E-state index >= 15 is 0 Å². The van der Waals surface area contributed by atoms with Crippen molar-refractivity contribution in [2.24, 2.45) is 0 Å². The molecule has 1 fully saturated rings. The molecule has 0 radical (unpaired) electrons. The second kappa shape index (κ2) is 12.5.